The van der Waals surface area contributed by atoms with Crippen molar-refractivity contribution in [3.8, 4) is 5.75 Å². The summed E-state index contributed by atoms with van der Waals surface area (Å²) in [4.78, 5) is 16.9. The van der Waals surface area contributed by atoms with E-state index in [1.807, 2.05) is 6.07 Å². The van der Waals surface area contributed by atoms with Crippen LogP contribution in [0, 0.1) is 5.82 Å². The molecule has 31 heavy (non-hydrogen) atoms. The molecule has 0 aliphatic heterocycles. The molecule has 0 aliphatic rings. The van der Waals surface area contributed by atoms with Crippen molar-refractivity contribution in [2.45, 2.75) is 0 Å². The van der Waals surface area contributed by atoms with Crippen LogP contribution in [0.3, 0.4) is 0 Å². The molecule has 0 spiro atoms. The van der Waals surface area contributed by atoms with Gasteiger partial charge in [0.15, 0.2) is 0 Å². The Bertz CT molecular complexity index is 1350. The summed E-state index contributed by atoms with van der Waals surface area (Å²) in [7, 11) is -3.21. The third-order valence-corrected chi connectivity index (χ3v) is 5.33. The van der Waals surface area contributed by atoms with Crippen molar-refractivity contribution in [1.82, 2.24) is 4.98 Å². The van der Waals surface area contributed by atoms with Gasteiger partial charge in [-0.25, -0.2) is 17.1 Å². The molecule has 0 radical (unpaired) electrons. The number of rotatable bonds is 5. The van der Waals surface area contributed by atoms with E-state index in [9.17, 15) is 22.7 Å². The Kier molecular flexibility index (Phi) is 5.50. The van der Waals surface area contributed by atoms with Gasteiger partial charge in [-0.15, -0.1) is 0 Å². The number of fused-ring (bicyclic) bond motifs is 1. The quantitative estimate of drug-likeness (QED) is 0.324. The highest BCUT2D eigenvalue weighted by Crippen LogP contribution is 2.35. The van der Waals surface area contributed by atoms with Crippen LogP contribution < -0.4 is 9.62 Å². The van der Waals surface area contributed by atoms with Gasteiger partial charge in [0.05, 0.1) is 11.2 Å². The van der Waals surface area contributed by atoms with E-state index in [-0.39, 0.29) is 22.8 Å². The van der Waals surface area contributed by atoms with Gasteiger partial charge in [0.1, 0.15) is 17.3 Å². The van der Waals surface area contributed by atoms with E-state index in [1.54, 1.807) is 30.5 Å². The number of benzene rings is 3. The van der Waals surface area contributed by atoms with E-state index >= 15 is 0 Å². The lowest BCUT2D eigenvalue weighted by atomic mass is 10.1. The number of thiol groups is 1. The number of anilines is 3. The zero-order valence-corrected chi connectivity index (χ0v) is 16.8. The van der Waals surface area contributed by atoms with Gasteiger partial charge in [-0.2, -0.15) is 0 Å². The Morgan fingerprint density at radius 3 is 2.52 bits per heavy atom. The SMILES string of the molecule is O=C(Nc1ccc(O)c(N(c2ccc(F)cc2)[SH](=O)=O)c1)c1ccc2ncccc2c1. The van der Waals surface area contributed by atoms with Gasteiger partial charge in [0.2, 0.25) is 10.9 Å². The van der Waals surface area contributed by atoms with Crippen molar-refractivity contribution in [3.05, 3.63) is 90.4 Å². The zero-order chi connectivity index (χ0) is 22.0. The average molecular weight is 437 g/mol. The van der Waals surface area contributed by atoms with Crippen molar-refractivity contribution < 1.29 is 22.7 Å². The Hall–Kier alpha value is -3.98. The highest BCUT2D eigenvalue weighted by molar-refractivity contribution is 7.74. The summed E-state index contributed by atoms with van der Waals surface area (Å²) in [6.07, 6.45) is 1.66. The summed E-state index contributed by atoms with van der Waals surface area (Å²) in [5, 5.41) is 13.7. The van der Waals surface area contributed by atoms with Gasteiger partial charge < -0.3 is 10.4 Å². The number of aromatic hydroxyl groups is 1. The number of nitrogens with one attached hydrogen (secondary N) is 1. The maximum absolute atomic E-state index is 13.2. The summed E-state index contributed by atoms with van der Waals surface area (Å²) in [6, 6.07) is 17.5. The minimum Gasteiger partial charge on any atom is -0.506 e. The fourth-order valence-corrected chi connectivity index (χ4v) is 3.75. The molecule has 1 amide bonds. The lowest BCUT2D eigenvalue weighted by Gasteiger charge is -2.20. The molecular weight excluding hydrogens is 421 g/mol. The molecule has 1 heterocycles. The number of hydrogen-bond acceptors (Lipinski definition) is 5. The molecule has 3 aromatic carbocycles. The second-order valence-electron chi connectivity index (χ2n) is 6.59. The molecule has 9 heteroatoms. The van der Waals surface area contributed by atoms with Gasteiger partial charge in [-0.05, 0) is 66.7 Å². The predicted octanol–water partition coefficient (Wildman–Crippen LogP) is 4.00. The summed E-state index contributed by atoms with van der Waals surface area (Å²) >= 11 is 0. The fraction of sp³-hybridized carbons (Fsp3) is 0. The Morgan fingerprint density at radius 2 is 1.77 bits per heavy atom. The maximum Gasteiger partial charge on any atom is 0.255 e. The summed E-state index contributed by atoms with van der Waals surface area (Å²) in [6.45, 7) is 0. The number of aromatic nitrogens is 1. The molecule has 7 nitrogen and oxygen atoms in total. The molecule has 0 atom stereocenters. The predicted molar refractivity (Wildman–Crippen MR) is 117 cm³/mol. The number of halogens is 1. The van der Waals surface area contributed by atoms with Crippen LogP contribution in [0.25, 0.3) is 10.9 Å². The molecule has 4 aromatic rings. The first kappa shape index (κ1) is 20.3. The van der Waals surface area contributed by atoms with Crippen LogP contribution in [0.2, 0.25) is 0 Å². The van der Waals surface area contributed by atoms with Crippen LogP contribution in [0.15, 0.2) is 79.0 Å². The van der Waals surface area contributed by atoms with Gasteiger partial charge in [-0.1, -0.05) is 6.07 Å². The molecule has 0 bridgehead atoms. The van der Waals surface area contributed by atoms with E-state index in [0.29, 0.717) is 5.56 Å². The number of pyridine rings is 1. The van der Waals surface area contributed by atoms with E-state index in [4.69, 9.17) is 0 Å². The first-order valence-corrected chi connectivity index (χ1v) is 10.2. The van der Waals surface area contributed by atoms with Crippen LogP contribution in [-0.4, -0.2) is 24.4 Å². The highest BCUT2D eigenvalue weighted by atomic mass is 32.2. The molecular formula is C22H16FN3O4S. The van der Waals surface area contributed by atoms with E-state index in [0.717, 1.165) is 27.3 Å². The smallest absolute Gasteiger partial charge is 0.255 e. The van der Waals surface area contributed by atoms with Gasteiger partial charge in [0, 0.05) is 22.8 Å². The molecule has 0 saturated heterocycles. The number of carbonyl (C=O) groups excluding carboxylic acids is 1. The number of carbonyl (C=O) groups is 1. The molecule has 1 aromatic heterocycles. The van der Waals surface area contributed by atoms with Crippen LogP contribution in [0.5, 0.6) is 5.75 Å². The minimum absolute atomic E-state index is 0.0803. The Balaban J connectivity index is 1.66. The van der Waals surface area contributed by atoms with Crippen LogP contribution in [0.1, 0.15) is 10.4 Å². The number of phenols is 1. The van der Waals surface area contributed by atoms with Gasteiger partial charge >= 0.3 is 0 Å². The fourth-order valence-electron chi connectivity index (χ4n) is 3.09. The summed E-state index contributed by atoms with van der Waals surface area (Å²) in [5.41, 5.74) is 1.47. The minimum atomic E-state index is -3.21. The van der Waals surface area contributed by atoms with E-state index in [1.165, 1.54) is 30.3 Å². The van der Waals surface area contributed by atoms with Crippen LogP contribution in [0.4, 0.5) is 21.5 Å². The first-order valence-electron chi connectivity index (χ1n) is 9.11. The molecule has 0 unspecified atom stereocenters. The molecule has 0 saturated carbocycles. The largest absolute Gasteiger partial charge is 0.506 e. The normalized spacial score (nSPS) is 10.9. The van der Waals surface area contributed by atoms with Crippen molar-refractivity contribution in [2.75, 3.05) is 9.62 Å². The van der Waals surface area contributed by atoms with Crippen LogP contribution >= 0.6 is 0 Å². The molecule has 2 N–H and O–H groups in total. The van der Waals surface area contributed by atoms with Gasteiger partial charge in [0.25, 0.3) is 5.91 Å². The lowest BCUT2D eigenvalue weighted by Crippen LogP contribution is -2.16. The second kappa shape index (κ2) is 8.41. The second-order valence-corrected chi connectivity index (χ2v) is 7.47. The molecule has 0 aliphatic carbocycles. The Morgan fingerprint density at radius 1 is 1.00 bits per heavy atom. The molecule has 0 fully saturated rings. The van der Waals surface area contributed by atoms with Crippen LogP contribution in [-0.2, 0) is 10.9 Å². The zero-order valence-electron chi connectivity index (χ0n) is 15.9. The highest BCUT2D eigenvalue weighted by Gasteiger charge is 2.18. The number of phenolic OH excluding ortho intramolecular Hbond substituents is 1. The van der Waals surface area contributed by atoms with Crippen molar-refractivity contribution in [2.24, 2.45) is 0 Å². The summed E-state index contributed by atoms with van der Waals surface area (Å²) < 4.78 is 37.8. The lowest BCUT2D eigenvalue weighted by molar-refractivity contribution is 0.102. The standard InChI is InChI=1S/C22H16FN3O4S/c23-16-4-7-18(8-5-16)26(31(29)30)20-13-17(6-10-21(20)27)25-22(28)15-3-9-19-14(12-15)2-1-11-24-19/h1-13,27,31H,(H,25,28). The number of amides is 1. The average Bonchev–Trinajstić information content (AvgIpc) is 2.76. The monoisotopic (exact) mass is 437 g/mol. The third kappa shape index (κ3) is 4.31. The molecule has 4 rings (SSSR count). The van der Waals surface area contributed by atoms with E-state index < -0.39 is 22.6 Å². The third-order valence-electron chi connectivity index (χ3n) is 4.56. The number of hydrogen-bond donors (Lipinski definition) is 3. The van der Waals surface area contributed by atoms with Crippen molar-refractivity contribution >= 4 is 44.8 Å². The number of nitrogens with zero attached hydrogens (tertiary/aromatic N) is 2. The van der Waals surface area contributed by atoms with Gasteiger partial charge in [-0.3, -0.25) is 9.78 Å². The maximum atomic E-state index is 13.2. The Labute approximate surface area is 178 Å². The van der Waals surface area contributed by atoms with Crippen molar-refractivity contribution in [3.63, 3.8) is 0 Å². The van der Waals surface area contributed by atoms with Crippen molar-refractivity contribution in [1.29, 1.82) is 0 Å². The summed E-state index contributed by atoms with van der Waals surface area (Å²) in [5.74, 6) is -1.26. The molecule has 156 valence electrons. The first-order chi connectivity index (χ1) is 14.9. The topological polar surface area (TPSA) is 99.6 Å². The van der Waals surface area contributed by atoms with E-state index in [2.05, 4.69) is 10.3 Å².